The minimum Gasteiger partial charge on any atom is -0.399 e. The molecule has 9 atom stereocenters. The molecule has 9 amide bonds. The summed E-state index contributed by atoms with van der Waals surface area (Å²) >= 11 is 0. The van der Waals surface area contributed by atoms with Gasteiger partial charge in [0.25, 0.3) is 0 Å². The summed E-state index contributed by atoms with van der Waals surface area (Å²) in [7, 11) is 0. The molecular formula is C59H82N12O10. The first-order valence-corrected chi connectivity index (χ1v) is 27.7. The first-order valence-electron chi connectivity index (χ1n) is 27.7. The Morgan fingerprint density at radius 3 is 1.72 bits per heavy atom. The molecule has 0 saturated carbocycles. The third-order valence-corrected chi connectivity index (χ3v) is 13.9. The molecule has 1 aliphatic rings. The molecule has 0 spiro atoms. The van der Waals surface area contributed by atoms with Crippen molar-refractivity contribution in [2.24, 2.45) is 23.5 Å². The van der Waals surface area contributed by atoms with Crippen molar-refractivity contribution >= 4 is 58.9 Å². The van der Waals surface area contributed by atoms with E-state index in [1.165, 1.54) is 18.2 Å². The van der Waals surface area contributed by atoms with Gasteiger partial charge in [0.15, 0.2) is 0 Å². The lowest BCUT2D eigenvalue weighted by Crippen LogP contribution is -2.60. The lowest BCUT2D eigenvalue weighted by molar-refractivity contribution is -0.142. The van der Waals surface area contributed by atoms with Crippen LogP contribution in [-0.4, -0.2) is 134 Å². The van der Waals surface area contributed by atoms with E-state index >= 15 is 0 Å². The molecule has 13 N–H and O–H groups in total. The van der Waals surface area contributed by atoms with Gasteiger partial charge in [0.05, 0.1) is 24.9 Å². The predicted octanol–water partition coefficient (Wildman–Crippen LogP) is 1.65. The molecule has 1 fully saturated rings. The molecule has 22 nitrogen and oxygen atoms in total. The van der Waals surface area contributed by atoms with Crippen molar-refractivity contribution in [3.63, 3.8) is 0 Å². The summed E-state index contributed by atoms with van der Waals surface area (Å²) in [6.07, 6.45) is 2.36. The van der Waals surface area contributed by atoms with Gasteiger partial charge in [-0.1, -0.05) is 114 Å². The number of nitrogens with zero attached hydrogens (tertiary/aromatic N) is 2. The Hall–Kier alpha value is -8.14. The number of aliphatic hydroxyl groups is 1. The van der Waals surface area contributed by atoms with E-state index in [0.717, 1.165) is 0 Å². The van der Waals surface area contributed by atoms with Gasteiger partial charge < -0.3 is 63.7 Å². The van der Waals surface area contributed by atoms with E-state index in [0.29, 0.717) is 40.9 Å². The fraction of sp³-hybridized carbons (Fsp3) is 0.492. The summed E-state index contributed by atoms with van der Waals surface area (Å²) in [6, 6.07) is 15.7. The van der Waals surface area contributed by atoms with Gasteiger partial charge in [-0.2, -0.15) is 0 Å². The molecule has 2 heterocycles. The van der Waals surface area contributed by atoms with E-state index in [1.54, 1.807) is 98.9 Å². The number of aromatic nitrogens is 2. The van der Waals surface area contributed by atoms with Crippen molar-refractivity contribution in [2.45, 2.75) is 161 Å². The summed E-state index contributed by atoms with van der Waals surface area (Å²) < 4.78 is 0. The normalized spacial score (nSPS) is 16.2. The second kappa shape index (κ2) is 31.0. The van der Waals surface area contributed by atoms with Crippen molar-refractivity contribution in [3.05, 3.63) is 120 Å². The van der Waals surface area contributed by atoms with E-state index in [-0.39, 0.29) is 56.9 Å². The first kappa shape index (κ1) is 63.7. The highest BCUT2D eigenvalue weighted by Gasteiger charge is 2.40. The average molecular weight is 1120 g/mol. The fourth-order valence-corrected chi connectivity index (χ4v) is 9.78. The maximum absolute atomic E-state index is 14.4. The quantitative estimate of drug-likeness (QED) is 0.0332. The van der Waals surface area contributed by atoms with E-state index < -0.39 is 120 Å². The molecular weight excluding hydrogens is 1040 g/mol. The first-order chi connectivity index (χ1) is 38.5. The summed E-state index contributed by atoms with van der Waals surface area (Å²) in [5.74, 6) is -6.45. The van der Waals surface area contributed by atoms with Crippen LogP contribution in [0.25, 0.3) is 0 Å². The molecule has 5 rings (SSSR count). The number of imidazole rings is 1. The number of hydrogen-bond acceptors (Lipinski definition) is 12. The van der Waals surface area contributed by atoms with E-state index in [9.17, 15) is 48.3 Å². The molecule has 0 bridgehead atoms. The highest BCUT2D eigenvalue weighted by molar-refractivity contribution is 5.97. The minimum absolute atomic E-state index is 0.0292. The molecule has 0 radical (unpaired) electrons. The van der Waals surface area contributed by atoms with Crippen LogP contribution in [0.3, 0.4) is 0 Å². The summed E-state index contributed by atoms with van der Waals surface area (Å²) in [5.41, 5.74) is 14.8. The Kier molecular flexibility index (Phi) is 24.4. The number of aromatic amines is 1. The predicted molar refractivity (Wildman–Crippen MR) is 305 cm³/mol. The van der Waals surface area contributed by atoms with Gasteiger partial charge in [-0.25, -0.2) is 4.98 Å². The molecule has 1 aliphatic heterocycles. The smallest absolute Gasteiger partial charge is 0.246 e. The molecule has 1 saturated heterocycles. The van der Waals surface area contributed by atoms with Crippen LogP contribution in [0.5, 0.6) is 0 Å². The van der Waals surface area contributed by atoms with E-state index in [2.05, 4.69) is 47.2 Å². The molecule has 4 aromatic rings. The molecule has 81 heavy (non-hydrogen) atoms. The number of nitrogen functional groups attached to an aromatic ring is 1. The number of carbonyl (C=O) groups is 9. The van der Waals surface area contributed by atoms with Crippen LogP contribution in [0, 0.1) is 17.8 Å². The maximum atomic E-state index is 14.4. The number of rotatable bonds is 30. The van der Waals surface area contributed by atoms with Crippen LogP contribution in [0.2, 0.25) is 0 Å². The zero-order valence-electron chi connectivity index (χ0n) is 47.4. The van der Waals surface area contributed by atoms with Crippen LogP contribution < -0.4 is 48.7 Å². The molecule has 22 heteroatoms. The summed E-state index contributed by atoms with van der Waals surface area (Å²) in [5, 5.41) is 31.2. The van der Waals surface area contributed by atoms with Crippen molar-refractivity contribution in [2.75, 3.05) is 12.3 Å². The largest absolute Gasteiger partial charge is 0.399 e. The topological polar surface area (TPSA) is 342 Å². The Labute approximate surface area is 473 Å². The van der Waals surface area contributed by atoms with Crippen molar-refractivity contribution in [1.82, 2.24) is 52.1 Å². The number of H-pyrrole nitrogens is 1. The minimum atomic E-state index is -1.47. The third kappa shape index (κ3) is 20.5. The fourth-order valence-electron chi connectivity index (χ4n) is 9.78. The highest BCUT2D eigenvalue weighted by atomic mass is 16.3. The van der Waals surface area contributed by atoms with Gasteiger partial charge >= 0.3 is 0 Å². The molecule has 0 aliphatic carbocycles. The Morgan fingerprint density at radius 2 is 1.17 bits per heavy atom. The second-order valence-electron chi connectivity index (χ2n) is 22.1. The Balaban J connectivity index is 1.28. The van der Waals surface area contributed by atoms with Crippen molar-refractivity contribution in [3.8, 4) is 0 Å². The molecule has 1 aromatic heterocycles. The van der Waals surface area contributed by atoms with Gasteiger partial charge in [-0.3, -0.25) is 43.2 Å². The maximum Gasteiger partial charge on any atom is 0.246 e. The lowest BCUT2D eigenvalue weighted by Gasteiger charge is -2.31. The monoisotopic (exact) mass is 1120 g/mol. The summed E-state index contributed by atoms with van der Waals surface area (Å²) in [6.45, 7) is 12.4. The third-order valence-electron chi connectivity index (χ3n) is 13.9. The highest BCUT2D eigenvalue weighted by Crippen LogP contribution is 2.21. The van der Waals surface area contributed by atoms with Crippen LogP contribution >= 0.6 is 0 Å². The van der Waals surface area contributed by atoms with Gasteiger partial charge in [0.2, 0.25) is 53.2 Å². The van der Waals surface area contributed by atoms with Crippen LogP contribution in [0.4, 0.5) is 5.69 Å². The van der Waals surface area contributed by atoms with Crippen LogP contribution in [0.15, 0.2) is 97.5 Å². The van der Waals surface area contributed by atoms with Gasteiger partial charge in [0.1, 0.15) is 42.3 Å². The van der Waals surface area contributed by atoms with Crippen LogP contribution in [-0.2, 0) is 68.8 Å². The van der Waals surface area contributed by atoms with E-state index in [4.69, 9.17) is 11.5 Å². The van der Waals surface area contributed by atoms with Crippen LogP contribution in [0.1, 0.15) is 103 Å². The SMILES string of the molecule is CC(=O)N[C@@H](Cc1cnc[nH]1)C(=O)N1CCC[C@H]1C(=O)N[C@@H](Cc1ccccc1)C(=O)N[C@H](C(=O)N[C@@H](CC(C)C)[C@@H](O)CC(=O)N[C@@H](CC(C)C)C(=O)N[C@@H](Cc1ccccc1)C(=O)N[C@@H](Cc1ccc(N)cc1)C(N)=O)C(C)C. The van der Waals surface area contributed by atoms with Gasteiger partial charge in [-0.15, -0.1) is 0 Å². The van der Waals surface area contributed by atoms with Gasteiger partial charge in [-0.05, 0) is 72.3 Å². The summed E-state index contributed by atoms with van der Waals surface area (Å²) in [4.78, 5) is 132. The number of nitrogens with two attached hydrogens (primary N) is 2. The molecule has 0 unspecified atom stereocenters. The molecule has 438 valence electrons. The zero-order chi connectivity index (χ0) is 59.3. The second-order valence-corrected chi connectivity index (χ2v) is 22.1. The van der Waals surface area contributed by atoms with E-state index in [1.807, 2.05) is 33.8 Å². The number of aliphatic hydroxyl groups excluding tert-OH is 1. The van der Waals surface area contributed by atoms with Crippen molar-refractivity contribution < 1.29 is 48.3 Å². The number of likely N-dealkylation sites (tertiary alicyclic amines) is 1. The zero-order valence-corrected chi connectivity index (χ0v) is 47.4. The average Bonchev–Trinajstić information content (AvgIpc) is 4.13. The Bertz CT molecular complexity index is 2730. The lowest BCUT2D eigenvalue weighted by atomic mass is 9.95. The number of carbonyl (C=O) groups excluding carboxylic acids is 9. The number of amides is 9. The Morgan fingerprint density at radius 1 is 0.630 bits per heavy atom. The number of hydrogen-bond donors (Lipinski definition) is 11. The number of nitrogens with one attached hydrogen (secondary N) is 8. The number of anilines is 1. The van der Waals surface area contributed by atoms with Crippen molar-refractivity contribution in [1.29, 1.82) is 0 Å². The number of primary amides is 1. The number of benzene rings is 3. The standard InChI is InChI=1S/C59H82N12O10/c1-34(2)25-43(50(73)31-51(74)65-45(26-35(3)4)54(76)68-46(28-38-15-10-8-11-16-38)55(77)67-44(53(61)75)27-40-20-22-41(60)23-21-40)66-58(80)52(36(5)6)70-56(78)47(29-39-17-12-9-13-18-39)69-57(79)49-19-14-24-71(49)59(81)48(64-37(7)72)30-42-32-62-33-63-42/h8-13,15-18,20-23,32-36,43-50,52,73H,14,19,24-31,60H2,1-7H3,(H2,61,75)(H,62,63)(H,64,72)(H,65,74)(H,66,80)(H,67,77)(H,68,76)(H,69,79)(H,70,78)/t43-,44-,45-,46-,47-,48-,49-,50-,52-/m0/s1. The van der Waals surface area contributed by atoms with Gasteiger partial charge in [0, 0.05) is 56.7 Å². The molecule has 3 aromatic carbocycles.